The van der Waals surface area contributed by atoms with Crippen molar-refractivity contribution in [1.29, 1.82) is 0 Å². The zero-order valence-corrected chi connectivity index (χ0v) is 32.4. The SMILES string of the molecule is C1=CCC(c2nc(-c3ccc(-c4ccc(-c5ccccc5)cc4)cc3)nc(-c3ccc4cc(-c5cccc6oc7c(c56)C=C(c5ccccc5)CC7)ccc4c3)n2)C=C1. The van der Waals surface area contributed by atoms with E-state index in [4.69, 9.17) is 19.4 Å². The van der Waals surface area contributed by atoms with E-state index in [1.807, 2.05) is 6.07 Å². The lowest BCUT2D eigenvalue weighted by Crippen LogP contribution is -2.07. The van der Waals surface area contributed by atoms with Crippen LogP contribution in [0.2, 0.25) is 0 Å². The Balaban J connectivity index is 0.928. The molecular weight excluding hydrogens is 719 g/mol. The number of aryl methyl sites for hydroxylation is 1. The van der Waals surface area contributed by atoms with Gasteiger partial charge in [-0.25, -0.2) is 15.0 Å². The molecule has 1 unspecified atom stereocenters. The van der Waals surface area contributed by atoms with Crippen LogP contribution in [-0.2, 0) is 6.42 Å². The zero-order valence-electron chi connectivity index (χ0n) is 32.4. The standard InChI is InChI=1S/C55H39N3O/c1-4-11-36(12-5-1)38-19-21-39(22-20-38)40-23-25-42(26-24-40)54-56-53(41-15-8-3-9-16-41)57-55(58-54)47-30-28-43-33-46(29-27-44(43)34-47)48-17-10-18-51-52(48)49-35-45(31-32-50(49)59-51)37-13-6-2-7-14-37/h1-15,17-30,33-35,41H,16,31-32H2. The third kappa shape index (κ3) is 6.69. The number of fused-ring (bicyclic) bond motifs is 4. The van der Waals surface area contributed by atoms with Gasteiger partial charge in [-0.2, -0.15) is 0 Å². The molecule has 280 valence electrons. The maximum atomic E-state index is 6.46. The third-order valence-corrected chi connectivity index (χ3v) is 11.8. The summed E-state index contributed by atoms with van der Waals surface area (Å²) in [6.07, 6.45) is 13.6. The zero-order chi connectivity index (χ0) is 39.1. The molecule has 2 aliphatic carbocycles. The summed E-state index contributed by atoms with van der Waals surface area (Å²) in [4.78, 5) is 15.3. The molecule has 0 radical (unpaired) electrons. The average molecular weight is 758 g/mol. The summed E-state index contributed by atoms with van der Waals surface area (Å²) in [5, 5.41) is 3.46. The number of hydrogen-bond acceptors (Lipinski definition) is 4. The van der Waals surface area contributed by atoms with E-state index in [0.29, 0.717) is 11.6 Å². The molecular formula is C55H39N3O. The fourth-order valence-electron chi connectivity index (χ4n) is 8.61. The van der Waals surface area contributed by atoms with Crippen LogP contribution in [0, 0.1) is 0 Å². The van der Waals surface area contributed by atoms with Crippen molar-refractivity contribution in [3.05, 3.63) is 211 Å². The lowest BCUT2D eigenvalue weighted by molar-refractivity contribution is 0.548. The Bertz CT molecular complexity index is 3100. The predicted octanol–water partition coefficient (Wildman–Crippen LogP) is 14.2. The molecule has 4 nitrogen and oxygen atoms in total. The molecule has 0 bridgehead atoms. The topological polar surface area (TPSA) is 51.8 Å². The molecule has 2 aromatic heterocycles. The maximum Gasteiger partial charge on any atom is 0.163 e. The van der Waals surface area contributed by atoms with E-state index >= 15 is 0 Å². The van der Waals surface area contributed by atoms with Gasteiger partial charge in [0.05, 0.1) is 0 Å². The first-order valence-electron chi connectivity index (χ1n) is 20.4. The second kappa shape index (κ2) is 14.8. The van der Waals surface area contributed by atoms with Gasteiger partial charge >= 0.3 is 0 Å². The Kier molecular flexibility index (Phi) is 8.74. The summed E-state index contributed by atoms with van der Waals surface area (Å²) >= 11 is 0. The van der Waals surface area contributed by atoms with Crippen molar-refractivity contribution >= 4 is 33.4 Å². The van der Waals surface area contributed by atoms with Crippen LogP contribution in [0.4, 0.5) is 0 Å². The van der Waals surface area contributed by atoms with E-state index in [9.17, 15) is 0 Å². The second-order valence-electron chi connectivity index (χ2n) is 15.4. The maximum absolute atomic E-state index is 6.46. The van der Waals surface area contributed by atoms with E-state index < -0.39 is 0 Å². The van der Waals surface area contributed by atoms with Crippen molar-refractivity contribution in [3.8, 4) is 56.2 Å². The Morgan fingerprint density at radius 2 is 1.07 bits per heavy atom. The molecule has 2 aliphatic rings. The molecule has 59 heavy (non-hydrogen) atoms. The molecule has 0 spiro atoms. The molecule has 0 N–H and O–H groups in total. The highest BCUT2D eigenvalue weighted by atomic mass is 16.3. The third-order valence-electron chi connectivity index (χ3n) is 11.8. The molecule has 0 fully saturated rings. The molecule has 11 rings (SSSR count). The molecule has 4 heteroatoms. The van der Waals surface area contributed by atoms with Crippen LogP contribution in [-0.4, -0.2) is 15.0 Å². The summed E-state index contributed by atoms with van der Waals surface area (Å²) < 4.78 is 6.46. The minimum atomic E-state index is 0.0842. The number of aromatic nitrogens is 3. The van der Waals surface area contributed by atoms with Gasteiger partial charge in [0.2, 0.25) is 0 Å². The highest BCUT2D eigenvalue weighted by Gasteiger charge is 2.22. The van der Waals surface area contributed by atoms with Crippen molar-refractivity contribution < 1.29 is 4.42 Å². The minimum absolute atomic E-state index is 0.0842. The highest BCUT2D eigenvalue weighted by molar-refractivity contribution is 6.05. The number of hydrogen-bond donors (Lipinski definition) is 0. The van der Waals surface area contributed by atoms with E-state index in [1.165, 1.54) is 44.3 Å². The van der Waals surface area contributed by atoms with Crippen LogP contribution >= 0.6 is 0 Å². The lowest BCUT2D eigenvalue weighted by Gasteiger charge is -2.15. The molecule has 0 aliphatic heterocycles. The predicted molar refractivity (Wildman–Crippen MR) is 243 cm³/mol. The molecule has 1 atom stereocenters. The summed E-state index contributed by atoms with van der Waals surface area (Å²) in [5.41, 5.74) is 13.8. The highest BCUT2D eigenvalue weighted by Crippen LogP contribution is 2.42. The fraction of sp³-hybridized carbons (Fsp3) is 0.0727. The van der Waals surface area contributed by atoms with Crippen LogP contribution in [0.15, 0.2) is 193 Å². The number of rotatable bonds is 7. The van der Waals surface area contributed by atoms with Crippen molar-refractivity contribution in [2.24, 2.45) is 0 Å². The van der Waals surface area contributed by atoms with Crippen molar-refractivity contribution in [3.63, 3.8) is 0 Å². The summed E-state index contributed by atoms with van der Waals surface area (Å²) in [6.45, 7) is 0. The van der Waals surface area contributed by atoms with Crippen LogP contribution in [0.25, 0.3) is 89.5 Å². The quantitative estimate of drug-likeness (QED) is 0.162. The smallest absolute Gasteiger partial charge is 0.163 e. The van der Waals surface area contributed by atoms with Crippen molar-refractivity contribution in [2.45, 2.75) is 25.2 Å². The lowest BCUT2D eigenvalue weighted by atomic mass is 9.89. The van der Waals surface area contributed by atoms with Gasteiger partial charge in [-0.05, 0) is 92.4 Å². The normalized spacial score (nSPS) is 14.7. The molecule has 0 saturated carbocycles. The molecule has 9 aromatic rings. The first kappa shape index (κ1) is 34.8. The number of benzene rings is 7. The molecule has 0 saturated heterocycles. The number of nitrogens with zero attached hydrogens (tertiary/aromatic N) is 3. The number of allylic oxidation sites excluding steroid dienone is 5. The fourth-order valence-corrected chi connectivity index (χ4v) is 8.61. The van der Waals surface area contributed by atoms with Gasteiger partial charge in [-0.15, -0.1) is 0 Å². The first-order chi connectivity index (χ1) is 29.2. The van der Waals surface area contributed by atoms with E-state index in [-0.39, 0.29) is 5.92 Å². The summed E-state index contributed by atoms with van der Waals surface area (Å²) in [7, 11) is 0. The monoisotopic (exact) mass is 757 g/mol. The van der Waals surface area contributed by atoms with E-state index in [1.54, 1.807) is 0 Å². The molecule has 2 heterocycles. The van der Waals surface area contributed by atoms with Crippen LogP contribution in [0.1, 0.15) is 41.5 Å². The van der Waals surface area contributed by atoms with Crippen molar-refractivity contribution in [1.82, 2.24) is 15.0 Å². The summed E-state index contributed by atoms with van der Waals surface area (Å²) in [6, 6.07) is 58.2. The minimum Gasteiger partial charge on any atom is -0.460 e. The largest absolute Gasteiger partial charge is 0.460 e. The van der Waals surface area contributed by atoms with Gasteiger partial charge < -0.3 is 4.42 Å². The Morgan fingerprint density at radius 1 is 0.475 bits per heavy atom. The van der Waals surface area contributed by atoms with E-state index in [2.05, 4.69) is 188 Å². The average Bonchev–Trinajstić information content (AvgIpc) is 3.70. The summed E-state index contributed by atoms with van der Waals surface area (Å²) in [5.74, 6) is 3.28. The van der Waals surface area contributed by atoms with Crippen LogP contribution < -0.4 is 0 Å². The van der Waals surface area contributed by atoms with Crippen molar-refractivity contribution in [2.75, 3.05) is 0 Å². The van der Waals surface area contributed by atoms with Gasteiger partial charge in [0, 0.05) is 34.4 Å². The Morgan fingerprint density at radius 3 is 1.75 bits per heavy atom. The van der Waals surface area contributed by atoms with Gasteiger partial charge in [0.1, 0.15) is 17.2 Å². The van der Waals surface area contributed by atoms with Crippen LogP contribution in [0.3, 0.4) is 0 Å². The number of furan rings is 1. The van der Waals surface area contributed by atoms with E-state index in [0.717, 1.165) is 69.5 Å². The van der Waals surface area contributed by atoms with Crippen LogP contribution in [0.5, 0.6) is 0 Å². The Hall–Kier alpha value is -7.43. The van der Waals surface area contributed by atoms with Gasteiger partial charge in [-0.3, -0.25) is 0 Å². The van der Waals surface area contributed by atoms with Gasteiger partial charge in [-0.1, -0.05) is 170 Å². The Labute approximate surface area is 343 Å². The van der Waals surface area contributed by atoms with Gasteiger partial charge in [0.25, 0.3) is 0 Å². The first-order valence-corrected chi connectivity index (χ1v) is 20.4. The molecule has 0 amide bonds. The molecule has 7 aromatic carbocycles. The van der Waals surface area contributed by atoms with Gasteiger partial charge in [0.15, 0.2) is 11.6 Å². The second-order valence-corrected chi connectivity index (χ2v) is 15.4.